The predicted octanol–water partition coefficient (Wildman–Crippen LogP) is 0.296. The van der Waals surface area contributed by atoms with Gasteiger partial charge < -0.3 is 15.2 Å². The zero-order valence-corrected chi connectivity index (χ0v) is 13.2. The van der Waals surface area contributed by atoms with Gasteiger partial charge in [-0.3, -0.25) is 14.3 Å². The zero-order chi connectivity index (χ0) is 17.5. The molecule has 0 spiro atoms. The fourth-order valence-electron chi connectivity index (χ4n) is 2.70. The van der Waals surface area contributed by atoms with Gasteiger partial charge in [0.25, 0.3) is 5.56 Å². The van der Waals surface area contributed by atoms with Crippen LogP contribution in [0.4, 0.5) is 4.79 Å². The number of hydrogen-bond donors (Lipinski definition) is 3. The number of H-pyrrole nitrogens is 1. The van der Waals surface area contributed by atoms with Crippen LogP contribution in [0.1, 0.15) is 32.1 Å². The van der Waals surface area contributed by atoms with Crippen molar-refractivity contribution in [2.24, 2.45) is 5.92 Å². The molecule has 0 radical (unpaired) electrons. The third-order valence-electron chi connectivity index (χ3n) is 4.04. The number of aromatic nitrogens is 2. The summed E-state index contributed by atoms with van der Waals surface area (Å²) in [6.45, 7) is -0.0553. The summed E-state index contributed by atoms with van der Waals surface area (Å²) in [5.41, 5.74) is -1.32. The lowest BCUT2D eigenvalue weighted by molar-refractivity contribution is -0.139. The van der Waals surface area contributed by atoms with Gasteiger partial charge in [-0.05, 0) is 18.8 Å². The number of ether oxygens (including phenoxy) is 1. The van der Waals surface area contributed by atoms with Crippen LogP contribution in [0.3, 0.4) is 0 Å². The van der Waals surface area contributed by atoms with Crippen LogP contribution >= 0.6 is 0 Å². The Labute approximate surface area is 137 Å². The van der Waals surface area contributed by atoms with Crippen molar-refractivity contribution in [2.45, 2.75) is 44.7 Å². The van der Waals surface area contributed by atoms with Crippen molar-refractivity contribution < 1.29 is 19.4 Å². The highest BCUT2D eigenvalue weighted by Gasteiger charge is 2.23. The SMILES string of the molecule is O=C(NC(Cn1ccc(=O)[nH]c1=O)C(=O)O)OCC1CCCCC1. The average molecular weight is 339 g/mol. The van der Waals surface area contributed by atoms with E-state index in [9.17, 15) is 24.3 Å². The summed E-state index contributed by atoms with van der Waals surface area (Å²) in [4.78, 5) is 47.7. The van der Waals surface area contributed by atoms with Gasteiger partial charge in [0.1, 0.15) is 6.04 Å². The van der Waals surface area contributed by atoms with Crippen LogP contribution in [0.25, 0.3) is 0 Å². The van der Waals surface area contributed by atoms with Crippen molar-refractivity contribution in [1.82, 2.24) is 14.9 Å². The Kier molecular flexibility index (Phi) is 6.16. The minimum atomic E-state index is -1.34. The number of aromatic amines is 1. The lowest BCUT2D eigenvalue weighted by Gasteiger charge is -2.22. The number of nitrogens with zero attached hydrogens (tertiary/aromatic N) is 1. The number of carbonyl (C=O) groups excluding carboxylic acids is 1. The van der Waals surface area contributed by atoms with Crippen LogP contribution in [0.5, 0.6) is 0 Å². The van der Waals surface area contributed by atoms with Crippen molar-refractivity contribution in [3.63, 3.8) is 0 Å². The molecule has 9 heteroatoms. The molecule has 24 heavy (non-hydrogen) atoms. The molecular formula is C15H21N3O6. The quantitative estimate of drug-likeness (QED) is 0.683. The molecule has 9 nitrogen and oxygen atoms in total. The molecule has 132 valence electrons. The number of alkyl carbamates (subject to hydrolysis) is 1. The first-order valence-corrected chi connectivity index (χ1v) is 7.91. The third-order valence-corrected chi connectivity index (χ3v) is 4.04. The standard InChI is InChI=1S/C15H21N3O6/c19-12-6-7-18(14(22)17-12)8-11(13(20)21)16-15(23)24-9-10-4-2-1-3-5-10/h6-7,10-11H,1-5,8-9H2,(H,16,23)(H,20,21)(H,17,19,22). The maximum absolute atomic E-state index is 11.8. The summed E-state index contributed by atoms with van der Waals surface area (Å²) in [6, 6.07) is -0.241. The van der Waals surface area contributed by atoms with E-state index >= 15 is 0 Å². The van der Waals surface area contributed by atoms with Gasteiger partial charge in [-0.15, -0.1) is 0 Å². The van der Waals surface area contributed by atoms with E-state index in [0.717, 1.165) is 36.3 Å². The first-order valence-electron chi connectivity index (χ1n) is 7.91. The van der Waals surface area contributed by atoms with Crippen molar-refractivity contribution >= 4 is 12.1 Å². The fourth-order valence-corrected chi connectivity index (χ4v) is 2.70. The number of amides is 1. The Morgan fingerprint density at radius 1 is 1.33 bits per heavy atom. The van der Waals surface area contributed by atoms with Gasteiger partial charge in [-0.1, -0.05) is 19.3 Å². The maximum Gasteiger partial charge on any atom is 0.407 e. The molecule has 3 N–H and O–H groups in total. The molecule has 1 saturated carbocycles. The lowest BCUT2D eigenvalue weighted by Crippen LogP contribution is -2.46. The smallest absolute Gasteiger partial charge is 0.407 e. The molecule has 0 saturated heterocycles. The normalized spacial score (nSPS) is 16.3. The van der Waals surface area contributed by atoms with E-state index in [1.54, 1.807) is 0 Å². The van der Waals surface area contributed by atoms with Crippen LogP contribution in [0, 0.1) is 5.92 Å². The van der Waals surface area contributed by atoms with E-state index in [-0.39, 0.29) is 13.2 Å². The number of aliphatic carboxylic acids is 1. The van der Waals surface area contributed by atoms with Gasteiger partial charge in [0.15, 0.2) is 0 Å². The molecule has 1 heterocycles. The molecular weight excluding hydrogens is 318 g/mol. The van der Waals surface area contributed by atoms with E-state index < -0.39 is 29.4 Å². The molecule has 1 amide bonds. The number of carboxylic acids is 1. The second-order valence-electron chi connectivity index (χ2n) is 5.90. The Hall–Kier alpha value is -2.58. The van der Waals surface area contributed by atoms with Crippen LogP contribution < -0.4 is 16.6 Å². The molecule has 1 fully saturated rings. The highest BCUT2D eigenvalue weighted by atomic mass is 16.5. The predicted molar refractivity (Wildman–Crippen MR) is 83.8 cm³/mol. The lowest BCUT2D eigenvalue weighted by atomic mass is 9.90. The summed E-state index contributed by atoms with van der Waals surface area (Å²) in [6.07, 6.45) is 5.77. The molecule has 0 aliphatic heterocycles. The third kappa shape index (κ3) is 5.25. The minimum Gasteiger partial charge on any atom is -0.480 e. The number of carbonyl (C=O) groups is 2. The maximum atomic E-state index is 11.8. The van der Waals surface area contributed by atoms with Crippen LogP contribution in [0.15, 0.2) is 21.9 Å². The van der Waals surface area contributed by atoms with E-state index in [1.165, 1.54) is 12.6 Å². The molecule has 1 unspecified atom stereocenters. The number of rotatable bonds is 6. The monoisotopic (exact) mass is 339 g/mol. The topological polar surface area (TPSA) is 130 Å². The van der Waals surface area contributed by atoms with E-state index in [0.29, 0.717) is 5.92 Å². The number of hydrogen-bond acceptors (Lipinski definition) is 5. The average Bonchev–Trinajstić information content (AvgIpc) is 2.55. The van der Waals surface area contributed by atoms with Crippen molar-refractivity contribution in [3.05, 3.63) is 33.1 Å². The van der Waals surface area contributed by atoms with Crippen LogP contribution in [-0.4, -0.2) is 39.4 Å². The van der Waals surface area contributed by atoms with Gasteiger partial charge in [0.2, 0.25) is 0 Å². The Morgan fingerprint density at radius 2 is 2.04 bits per heavy atom. The Balaban J connectivity index is 1.90. The fraction of sp³-hybridized carbons (Fsp3) is 0.600. The molecule has 1 aromatic rings. The summed E-state index contributed by atoms with van der Waals surface area (Å²) in [5, 5.41) is 11.4. The summed E-state index contributed by atoms with van der Waals surface area (Å²) >= 11 is 0. The second-order valence-corrected chi connectivity index (χ2v) is 5.90. The minimum absolute atomic E-state index is 0.261. The van der Waals surface area contributed by atoms with Gasteiger partial charge >= 0.3 is 17.8 Å². The molecule has 0 aromatic carbocycles. The first kappa shape index (κ1) is 17.8. The highest BCUT2D eigenvalue weighted by Crippen LogP contribution is 2.23. The summed E-state index contributed by atoms with van der Waals surface area (Å²) < 4.78 is 6.09. The summed E-state index contributed by atoms with van der Waals surface area (Å²) in [5.74, 6) is -0.989. The largest absolute Gasteiger partial charge is 0.480 e. The van der Waals surface area contributed by atoms with Crippen LogP contribution in [-0.2, 0) is 16.1 Å². The van der Waals surface area contributed by atoms with Crippen molar-refractivity contribution in [1.29, 1.82) is 0 Å². The van der Waals surface area contributed by atoms with E-state index in [2.05, 4.69) is 5.32 Å². The molecule has 1 aliphatic carbocycles. The van der Waals surface area contributed by atoms with Gasteiger partial charge in [0.05, 0.1) is 13.2 Å². The number of carboxylic acid groups (broad SMARTS) is 1. The molecule has 1 aromatic heterocycles. The summed E-state index contributed by atoms with van der Waals surface area (Å²) in [7, 11) is 0. The van der Waals surface area contributed by atoms with Crippen molar-refractivity contribution in [3.8, 4) is 0 Å². The van der Waals surface area contributed by atoms with Crippen LogP contribution in [0.2, 0.25) is 0 Å². The van der Waals surface area contributed by atoms with Gasteiger partial charge in [-0.25, -0.2) is 14.4 Å². The zero-order valence-electron chi connectivity index (χ0n) is 13.2. The molecule has 1 aliphatic rings. The Bertz CT molecular complexity index is 689. The van der Waals surface area contributed by atoms with Crippen molar-refractivity contribution in [2.75, 3.05) is 6.61 Å². The molecule has 2 rings (SSSR count). The van der Waals surface area contributed by atoms with E-state index in [4.69, 9.17) is 4.74 Å². The Morgan fingerprint density at radius 3 is 2.67 bits per heavy atom. The second kappa shape index (κ2) is 8.32. The van der Waals surface area contributed by atoms with E-state index in [1.807, 2.05) is 4.98 Å². The molecule has 1 atom stereocenters. The van der Waals surface area contributed by atoms with Gasteiger partial charge in [-0.2, -0.15) is 0 Å². The molecule has 0 bridgehead atoms. The first-order chi connectivity index (χ1) is 11.5. The highest BCUT2D eigenvalue weighted by molar-refractivity contribution is 5.79. The number of nitrogens with one attached hydrogen (secondary N) is 2. The van der Waals surface area contributed by atoms with Gasteiger partial charge in [0, 0.05) is 12.3 Å².